The normalized spacial score (nSPS) is 29.3. The number of carbonyl (C=O) groups is 2. The molecule has 19 heavy (non-hydrogen) atoms. The summed E-state index contributed by atoms with van der Waals surface area (Å²) in [5.41, 5.74) is -0.0210. The molecule has 1 saturated carbocycles. The van der Waals surface area contributed by atoms with Crippen LogP contribution in [-0.2, 0) is 23.2 Å². The van der Waals surface area contributed by atoms with Crippen molar-refractivity contribution >= 4 is 20.5 Å². The van der Waals surface area contributed by atoms with Gasteiger partial charge < -0.3 is 13.6 Å². The van der Waals surface area contributed by atoms with Gasteiger partial charge in [-0.25, -0.2) is 0 Å². The van der Waals surface area contributed by atoms with E-state index in [1.165, 1.54) is 26.7 Å². The molecule has 0 radical (unpaired) electrons. The Kier molecular flexibility index (Phi) is 4.01. The lowest BCUT2D eigenvalue weighted by Gasteiger charge is -2.27. The molecule has 2 fully saturated rings. The van der Waals surface area contributed by atoms with Crippen molar-refractivity contribution in [3.63, 3.8) is 0 Å². The van der Waals surface area contributed by atoms with E-state index in [0.717, 1.165) is 19.3 Å². The summed E-state index contributed by atoms with van der Waals surface area (Å²) in [6.07, 6.45) is 5.81. The van der Waals surface area contributed by atoms with Crippen molar-refractivity contribution in [3.8, 4) is 0 Å². The molecule has 2 atom stereocenters. The van der Waals surface area contributed by atoms with Crippen LogP contribution < -0.4 is 0 Å². The van der Waals surface area contributed by atoms with Crippen LogP contribution in [0.15, 0.2) is 0 Å². The Morgan fingerprint density at radius 2 is 1.89 bits per heavy atom. The molecule has 0 aromatic heterocycles. The van der Waals surface area contributed by atoms with Gasteiger partial charge in [0.2, 0.25) is 0 Å². The Morgan fingerprint density at radius 3 is 2.42 bits per heavy atom. The molecular weight excluding hydrogens is 264 g/mol. The van der Waals surface area contributed by atoms with Gasteiger partial charge in [0, 0.05) is 26.4 Å². The van der Waals surface area contributed by atoms with E-state index in [-0.39, 0.29) is 17.5 Å². The van der Waals surface area contributed by atoms with Gasteiger partial charge in [0.05, 0.1) is 11.7 Å². The first kappa shape index (κ1) is 14.5. The molecule has 2 aliphatic rings. The molecule has 0 amide bonds. The monoisotopic (exact) mass is 286 g/mol. The van der Waals surface area contributed by atoms with E-state index in [1.54, 1.807) is 6.55 Å². The fraction of sp³-hybridized carbons (Fsp3) is 0.846. The van der Waals surface area contributed by atoms with E-state index in [1.807, 2.05) is 0 Å². The third kappa shape index (κ3) is 3.57. The smallest absolute Gasteiger partial charge is 0.461 e. The number of ether oxygens (including phenoxy) is 1. The van der Waals surface area contributed by atoms with Crippen molar-refractivity contribution in [1.29, 1.82) is 0 Å². The molecular formula is C13H22O5Si. The highest BCUT2D eigenvalue weighted by molar-refractivity contribution is 6.69. The Morgan fingerprint density at radius 1 is 1.26 bits per heavy atom. The molecule has 0 aromatic rings. The second kappa shape index (κ2) is 5.24. The van der Waals surface area contributed by atoms with Crippen molar-refractivity contribution in [2.24, 2.45) is 0 Å². The standard InChI is InChI=1S/C13H22O5Si/c1-10(14)17-19(3,18-11(2)15)9-8-13-7-5-4-6-12(13)16-13/h12H,4-9H2,1-3H3. The van der Waals surface area contributed by atoms with Crippen LogP contribution in [0.1, 0.15) is 46.0 Å². The van der Waals surface area contributed by atoms with Crippen LogP contribution >= 0.6 is 0 Å². The van der Waals surface area contributed by atoms with E-state index < -0.39 is 8.56 Å². The molecule has 1 aliphatic carbocycles. The highest BCUT2D eigenvalue weighted by Gasteiger charge is 2.58. The molecule has 0 aromatic carbocycles. The predicted octanol–water partition coefficient (Wildman–Crippen LogP) is 2.29. The zero-order valence-corrected chi connectivity index (χ0v) is 12.9. The van der Waals surface area contributed by atoms with Crippen molar-refractivity contribution in [2.45, 2.75) is 70.2 Å². The Labute approximate surface area is 114 Å². The third-order valence-electron chi connectivity index (χ3n) is 3.94. The molecule has 0 N–H and O–H groups in total. The number of fused-ring (bicyclic) bond motifs is 1. The fourth-order valence-corrected chi connectivity index (χ4v) is 5.40. The number of rotatable bonds is 5. The van der Waals surface area contributed by atoms with Crippen molar-refractivity contribution in [1.82, 2.24) is 0 Å². The summed E-state index contributed by atoms with van der Waals surface area (Å²) in [5.74, 6) is -0.769. The minimum absolute atomic E-state index is 0.0210. The highest BCUT2D eigenvalue weighted by atomic mass is 28.4. The fourth-order valence-electron chi connectivity index (χ4n) is 3.06. The van der Waals surface area contributed by atoms with E-state index in [2.05, 4.69) is 0 Å². The molecule has 1 aliphatic heterocycles. The first-order chi connectivity index (χ1) is 8.85. The lowest BCUT2D eigenvalue weighted by molar-refractivity contribution is -0.138. The highest BCUT2D eigenvalue weighted by Crippen LogP contribution is 2.51. The van der Waals surface area contributed by atoms with Crippen molar-refractivity contribution in [2.75, 3.05) is 0 Å². The van der Waals surface area contributed by atoms with E-state index in [9.17, 15) is 9.59 Å². The van der Waals surface area contributed by atoms with Gasteiger partial charge in [-0.15, -0.1) is 0 Å². The number of carbonyl (C=O) groups excluding carboxylic acids is 2. The zero-order chi connectivity index (χ0) is 14.1. The summed E-state index contributed by atoms with van der Waals surface area (Å²) in [6.45, 7) is 4.47. The van der Waals surface area contributed by atoms with Crippen LogP contribution in [0.2, 0.25) is 12.6 Å². The van der Waals surface area contributed by atoms with Crippen LogP contribution in [0.3, 0.4) is 0 Å². The van der Waals surface area contributed by atoms with Gasteiger partial charge in [-0.2, -0.15) is 0 Å². The summed E-state index contributed by atoms with van der Waals surface area (Å²) in [5, 5.41) is 0. The van der Waals surface area contributed by atoms with Gasteiger partial charge in [-0.1, -0.05) is 12.8 Å². The van der Waals surface area contributed by atoms with Gasteiger partial charge in [-0.3, -0.25) is 9.59 Å². The van der Waals surface area contributed by atoms with E-state index >= 15 is 0 Å². The summed E-state index contributed by atoms with van der Waals surface area (Å²) in [7, 11) is -2.76. The summed E-state index contributed by atoms with van der Waals surface area (Å²) < 4.78 is 16.4. The Hall–Kier alpha value is -0.883. The molecule has 1 saturated heterocycles. The molecule has 0 bridgehead atoms. The Bertz CT molecular complexity index is 367. The number of hydrogen-bond donors (Lipinski definition) is 0. The molecule has 0 spiro atoms. The van der Waals surface area contributed by atoms with E-state index in [0.29, 0.717) is 12.1 Å². The average molecular weight is 286 g/mol. The maximum absolute atomic E-state index is 11.2. The minimum atomic E-state index is -2.76. The largest absolute Gasteiger partial charge is 0.485 e. The van der Waals surface area contributed by atoms with E-state index in [4.69, 9.17) is 13.6 Å². The van der Waals surface area contributed by atoms with Crippen LogP contribution in [0.25, 0.3) is 0 Å². The van der Waals surface area contributed by atoms with Crippen LogP contribution in [-0.4, -0.2) is 32.2 Å². The average Bonchev–Trinajstić information content (AvgIpc) is 2.99. The second-order valence-corrected chi connectivity index (χ2v) is 8.91. The molecule has 108 valence electrons. The Balaban J connectivity index is 1.92. The van der Waals surface area contributed by atoms with Crippen LogP contribution in [0.5, 0.6) is 0 Å². The third-order valence-corrected chi connectivity index (χ3v) is 6.54. The SMILES string of the molecule is CC(=O)O[Si](C)(CCC12CCCCC1O2)OC(C)=O. The lowest BCUT2D eigenvalue weighted by Crippen LogP contribution is -2.42. The summed E-state index contributed by atoms with van der Waals surface area (Å²) >= 11 is 0. The van der Waals surface area contributed by atoms with Gasteiger partial charge in [0.15, 0.2) is 0 Å². The first-order valence-electron chi connectivity index (χ1n) is 6.92. The summed E-state index contributed by atoms with van der Waals surface area (Å²) in [6, 6.07) is 0.614. The summed E-state index contributed by atoms with van der Waals surface area (Å²) in [4.78, 5) is 22.3. The number of hydrogen-bond acceptors (Lipinski definition) is 5. The van der Waals surface area contributed by atoms with Crippen molar-refractivity contribution in [3.05, 3.63) is 0 Å². The van der Waals surface area contributed by atoms with Gasteiger partial charge in [0.1, 0.15) is 0 Å². The predicted molar refractivity (Wildman–Crippen MR) is 70.6 cm³/mol. The molecule has 2 unspecified atom stereocenters. The zero-order valence-electron chi connectivity index (χ0n) is 11.9. The topological polar surface area (TPSA) is 65.1 Å². The van der Waals surface area contributed by atoms with Gasteiger partial charge in [-0.05, 0) is 19.3 Å². The molecule has 1 heterocycles. The maximum atomic E-state index is 11.2. The second-order valence-electron chi connectivity index (χ2n) is 5.74. The van der Waals surface area contributed by atoms with Gasteiger partial charge >= 0.3 is 8.56 Å². The van der Waals surface area contributed by atoms with Crippen LogP contribution in [0, 0.1) is 0 Å². The quantitative estimate of drug-likeness (QED) is 0.573. The first-order valence-corrected chi connectivity index (χ1v) is 9.45. The van der Waals surface area contributed by atoms with Crippen molar-refractivity contribution < 1.29 is 23.2 Å². The maximum Gasteiger partial charge on any atom is 0.461 e. The molecule has 5 nitrogen and oxygen atoms in total. The number of epoxide rings is 1. The molecule has 6 heteroatoms. The van der Waals surface area contributed by atoms with Crippen LogP contribution in [0.4, 0.5) is 0 Å². The van der Waals surface area contributed by atoms with Gasteiger partial charge in [0.25, 0.3) is 11.9 Å². The lowest BCUT2D eigenvalue weighted by atomic mass is 9.87. The minimum Gasteiger partial charge on any atom is -0.485 e. The molecule has 2 rings (SSSR count).